The van der Waals surface area contributed by atoms with Gasteiger partial charge in [-0.1, -0.05) is 39.5 Å². The summed E-state index contributed by atoms with van der Waals surface area (Å²) in [4.78, 5) is 0. The second-order valence-corrected chi connectivity index (χ2v) is 5.73. The van der Waals surface area contributed by atoms with Crippen molar-refractivity contribution in [3.8, 4) is 0 Å². The van der Waals surface area contributed by atoms with Crippen molar-refractivity contribution in [2.75, 3.05) is 0 Å². The third-order valence-electron chi connectivity index (χ3n) is 3.78. The standard InChI is InChI=1S/C13H26O/c1-11(14)10-13(2,3)12-8-6-4-5-7-9-12/h11-12,14H,4-10H2,1-3H3. The lowest BCUT2D eigenvalue weighted by Crippen LogP contribution is -2.27. The first kappa shape index (κ1) is 12.0. The van der Waals surface area contributed by atoms with Gasteiger partial charge in [0.1, 0.15) is 0 Å². The molecule has 1 rings (SSSR count). The van der Waals surface area contributed by atoms with Crippen LogP contribution in [0.15, 0.2) is 0 Å². The predicted molar refractivity (Wildman–Crippen MR) is 61.3 cm³/mol. The van der Waals surface area contributed by atoms with Crippen molar-refractivity contribution in [3.05, 3.63) is 0 Å². The molecule has 1 saturated carbocycles. The molecule has 0 aromatic carbocycles. The zero-order valence-corrected chi connectivity index (χ0v) is 10.1. The van der Waals surface area contributed by atoms with E-state index in [1.807, 2.05) is 6.92 Å². The molecule has 1 fully saturated rings. The van der Waals surface area contributed by atoms with Gasteiger partial charge in [0.15, 0.2) is 0 Å². The van der Waals surface area contributed by atoms with E-state index in [1.165, 1.54) is 38.5 Å². The van der Waals surface area contributed by atoms with Crippen molar-refractivity contribution in [2.45, 2.75) is 71.8 Å². The number of hydrogen-bond donors (Lipinski definition) is 1. The molecule has 0 amide bonds. The molecular formula is C13H26O. The van der Waals surface area contributed by atoms with Crippen LogP contribution in [-0.4, -0.2) is 11.2 Å². The van der Waals surface area contributed by atoms with Crippen LogP contribution in [0.25, 0.3) is 0 Å². The zero-order valence-electron chi connectivity index (χ0n) is 10.1. The molecule has 84 valence electrons. The van der Waals surface area contributed by atoms with Crippen molar-refractivity contribution in [1.82, 2.24) is 0 Å². The average Bonchev–Trinajstić information content (AvgIpc) is 2.28. The Labute approximate surface area is 88.9 Å². The fourth-order valence-corrected chi connectivity index (χ4v) is 2.99. The third-order valence-corrected chi connectivity index (χ3v) is 3.78. The molecule has 0 radical (unpaired) electrons. The molecule has 0 bridgehead atoms. The second-order valence-electron chi connectivity index (χ2n) is 5.73. The summed E-state index contributed by atoms with van der Waals surface area (Å²) in [5, 5.41) is 9.49. The molecule has 1 N–H and O–H groups in total. The Morgan fingerprint density at radius 1 is 1.14 bits per heavy atom. The van der Waals surface area contributed by atoms with Gasteiger partial charge in [0.25, 0.3) is 0 Å². The van der Waals surface area contributed by atoms with Crippen LogP contribution in [0.5, 0.6) is 0 Å². The molecule has 1 heteroatoms. The minimum atomic E-state index is -0.145. The summed E-state index contributed by atoms with van der Waals surface area (Å²) >= 11 is 0. The van der Waals surface area contributed by atoms with Crippen LogP contribution in [0.4, 0.5) is 0 Å². The molecule has 1 aliphatic carbocycles. The Kier molecular flexibility index (Phi) is 4.43. The highest BCUT2D eigenvalue weighted by atomic mass is 16.3. The van der Waals surface area contributed by atoms with Crippen molar-refractivity contribution >= 4 is 0 Å². The molecule has 14 heavy (non-hydrogen) atoms. The number of aliphatic hydroxyl groups excluding tert-OH is 1. The third kappa shape index (κ3) is 3.61. The maximum atomic E-state index is 9.49. The van der Waals surface area contributed by atoms with Gasteiger partial charge in [0.05, 0.1) is 6.10 Å². The lowest BCUT2D eigenvalue weighted by atomic mass is 9.71. The minimum absolute atomic E-state index is 0.145. The Morgan fingerprint density at radius 3 is 2.07 bits per heavy atom. The molecule has 0 spiro atoms. The summed E-state index contributed by atoms with van der Waals surface area (Å²) in [7, 11) is 0. The summed E-state index contributed by atoms with van der Waals surface area (Å²) in [6.45, 7) is 6.57. The van der Waals surface area contributed by atoms with E-state index in [-0.39, 0.29) is 6.10 Å². The topological polar surface area (TPSA) is 20.2 Å². The molecule has 0 saturated heterocycles. The number of aliphatic hydroxyl groups is 1. The van der Waals surface area contributed by atoms with E-state index < -0.39 is 0 Å². The van der Waals surface area contributed by atoms with E-state index in [0.29, 0.717) is 5.41 Å². The van der Waals surface area contributed by atoms with E-state index in [1.54, 1.807) is 0 Å². The van der Waals surface area contributed by atoms with Crippen LogP contribution in [-0.2, 0) is 0 Å². The van der Waals surface area contributed by atoms with Gasteiger partial charge < -0.3 is 5.11 Å². The van der Waals surface area contributed by atoms with Crippen LogP contribution in [0.1, 0.15) is 65.7 Å². The highest BCUT2D eigenvalue weighted by Crippen LogP contribution is 2.40. The molecule has 1 aliphatic rings. The van der Waals surface area contributed by atoms with Gasteiger partial charge in [-0.05, 0) is 37.5 Å². The van der Waals surface area contributed by atoms with Crippen LogP contribution < -0.4 is 0 Å². The first-order valence-corrected chi connectivity index (χ1v) is 6.20. The Balaban J connectivity index is 2.50. The number of hydrogen-bond acceptors (Lipinski definition) is 1. The van der Waals surface area contributed by atoms with E-state index in [4.69, 9.17) is 0 Å². The first-order valence-electron chi connectivity index (χ1n) is 6.20. The molecule has 0 aromatic heterocycles. The van der Waals surface area contributed by atoms with Crippen molar-refractivity contribution in [1.29, 1.82) is 0 Å². The van der Waals surface area contributed by atoms with Crippen LogP contribution in [0, 0.1) is 11.3 Å². The molecule has 1 unspecified atom stereocenters. The van der Waals surface area contributed by atoms with Crippen LogP contribution in [0.3, 0.4) is 0 Å². The highest BCUT2D eigenvalue weighted by Gasteiger charge is 2.30. The smallest absolute Gasteiger partial charge is 0.0517 e. The lowest BCUT2D eigenvalue weighted by molar-refractivity contribution is 0.0831. The molecule has 1 nitrogen and oxygen atoms in total. The summed E-state index contributed by atoms with van der Waals surface area (Å²) in [5.41, 5.74) is 0.332. The number of rotatable bonds is 3. The summed E-state index contributed by atoms with van der Waals surface area (Å²) in [6.07, 6.45) is 9.19. The van der Waals surface area contributed by atoms with Crippen LogP contribution >= 0.6 is 0 Å². The fraction of sp³-hybridized carbons (Fsp3) is 1.00. The predicted octanol–water partition coefficient (Wildman–Crippen LogP) is 3.75. The SMILES string of the molecule is CC(O)CC(C)(C)C1CCCCCC1. The second kappa shape index (κ2) is 5.16. The average molecular weight is 198 g/mol. The Bertz CT molecular complexity index is 153. The van der Waals surface area contributed by atoms with Crippen LogP contribution in [0.2, 0.25) is 0 Å². The van der Waals surface area contributed by atoms with Gasteiger partial charge in [-0.25, -0.2) is 0 Å². The molecular weight excluding hydrogens is 172 g/mol. The van der Waals surface area contributed by atoms with Crippen molar-refractivity contribution < 1.29 is 5.11 Å². The van der Waals surface area contributed by atoms with Gasteiger partial charge in [-0.2, -0.15) is 0 Å². The Morgan fingerprint density at radius 2 is 1.64 bits per heavy atom. The normalized spacial score (nSPS) is 23.1. The monoisotopic (exact) mass is 198 g/mol. The fourth-order valence-electron chi connectivity index (χ4n) is 2.99. The van der Waals surface area contributed by atoms with Gasteiger partial charge in [0, 0.05) is 0 Å². The highest BCUT2D eigenvalue weighted by molar-refractivity contribution is 4.81. The van der Waals surface area contributed by atoms with E-state index >= 15 is 0 Å². The Hall–Kier alpha value is -0.0400. The van der Waals surface area contributed by atoms with E-state index in [9.17, 15) is 5.11 Å². The van der Waals surface area contributed by atoms with Crippen molar-refractivity contribution in [2.24, 2.45) is 11.3 Å². The zero-order chi connectivity index (χ0) is 10.6. The first-order chi connectivity index (χ1) is 6.52. The van der Waals surface area contributed by atoms with Gasteiger partial charge in [0.2, 0.25) is 0 Å². The molecule has 1 atom stereocenters. The van der Waals surface area contributed by atoms with Gasteiger partial charge in [-0.3, -0.25) is 0 Å². The van der Waals surface area contributed by atoms with Gasteiger partial charge >= 0.3 is 0 Å². The van der Waals surface area contributed by atoms with Gasteiger partial charge in [-0.15, -0.1) is 0 Å². The molecule has 0 aromatic rings. The van der Waals surface area contributed by atoms with E-state index in [0.717, 1.165) is 12.3 Å². The van der Waals surface area contributed by atoms with Crippen molar-refractivity contribution in [3.63, 3.8) is 0 Å². The summed E-state index contributed by atoms with van der Waals surface area (Å²) in [5.74, 6) is 0.833. The summed E-state index contributed by atoms with van der Waals surface area (Å²) in [6, 6.07) is 0. The maximum absolute atomic E-state index is 9.49. The minimum Gasteiger partial charge on any atom is -0.393 e. The summed E-state index contributed by atoms with van der Waals surface area (Å²) < 4.78 is 0. The van der Waals surface area contributed by atoms with E-state index in [2.05, 4.69) is 13.8 Å². The quantitative estimate of drug-likeness (QED) is 0.685. The largest absolute Gasteiger partial charge is 0.393 e. The maximum Gasteiger partial charge on any atom is 0.0517 e. The molecule has 0 heterocycles. The lowest BCUT2D eigenvalue weighted by Gasteiger charge is -2.35. The molecule has 0 aliphatic heterocycles.